The van der Waals surface area contributed by atoms with Crippen molar-refractivity contribution >= 4 is 11.7 Å². The highest BCUT2D eigenvalue weighted by molar-refractivity contribution is 5.83. The normalized spacial score (nSPS) is 17.4. The number of benzene rings is 1. The molecule has 17 heavy (non-hydrogen) atoms. The summed E-state index contributed by atoms with van der Waals surface area (Å²) in [6.07, 6.45) is 3.22. The Morgan fingerprint density at radius 3 is 3.06 bits per heavy atom. The van der Waals surface area contributed by atoms with E-state index in [1.165, 1.54) is 0 Å². The molecular formula is C14H19NO2. The van der Waals surface area contributed by atoms with Crippen molar-refractivity contribution in [2.24, 2.45) is 0 Å². The summed E-state index contributed by atoms with van der Waals surface area (Å²) >= 11 is 0. The largest absolute Gasteiger partial charge is 0.465 e. The Kier molecular flexibility index (Phi) is 4.02. The Bertz CT molecular complexity index is 390. The lowest BCUT2D eigenvalue weighted by Crippen LogP contribution is -2.18. The molecule has 1 aliphatic heterocycles. The summed E-state index contributed by atoms with van der Waals surface area (Å²) in [6, 6.07) is 7.93. The van der Waals surface area contributed by atoms with E-state index in [2.05, 4.69) is 12.2 Å². The second-order valence-electron chi connectivity index (χ2n) is 4.40. The van der Waals surface area contributed by atoms with Gasteiger partial charge in [0.15, 0.2) is 0 Å². The molecule has 2 rings (SSSR count). The molecule has 1 aromatic rings. The van der Waals surface area contributed by atoms with Crippen LogP contribution in [0.4, 0.5) is 5.69 Å². The van der Waals surface area contributed by atoms with E-state index >= 15 is 0 Å². The molecule has 1 atom stereocenters. The molecule has 0 aromatic heterocycles. The lowest BCUT2D eigenvalue weighted by Gasteiger charge is -2.10. The predicted molar refractivity (Wildman–Crippen MR) is 68.2 cm³/mol. The Hall–Kier alpha value is -1.51. The summed E-state index contributed by atoms with van der Waals surface area (Å²) in [6.45, 7) is 3.34. The number of ether oxygens (including phenoxy) is 1. The molecule has 0 saturated heterocycles. The van der Waals surface area contributed by atoms with Crippen LogP contribution in [0.3, 0.4) is 0 Å². The molecule has 3 nitrogen and oxygen atoms in total. The van der Waals surface area contributed by atoms with Crippen molar-refractivity contribution in [2.75, 3.05) is 18.5 Å². The molecule has 1 unspecified atom stereocenters. The number of rotatable bonds is 5. The number of para-hydroxylation sites is 1. The summed E-state index contributed by atoms with van der Waals surface area (Å²) in [5.41, 5.74) is 2.12. The van der Waals surface area contributed by atoms with Crippen LogP contribution < -0.4 is 5.32 Å². The summed E-state index contributed by atoms with van der Waals surface area (Å²) < 4.78 is 5.31. The first-order valence-corrected chi connectivity index (χ1v) is 6.32. The van der Waals surface area contributed by atoms with Crippen molar-refractivity contribution in [3.63, 3.8) is 0 Å². The fraction of sp³-hybridized carbons (Fsp3) is 0.500. The van der Waals surface area contributed by atoms with Gasteiger partial charge in [0.2, 0.25) is 0 Å². The quantitative estimate of drug-likeness (QED) is 0.627. The number of fused-ring (bicyclic) bond motifs is 1. The minimum absolute atomic E-state index is 0.0986. The topological polar surface area (TPSA) is 38.3 Å². The zero-order chi connectivity index (χ0) is 12.1. The number of hydrogen-bond donors (Lipinski definition) is 1. The number of carbonyl (C=O) groups excluding carboxylic acids is 1. The molecule has 1 aliphatic rings. The molecule has 0 amide bonds. The fourth-order valence-electron chi connectivity index (χ4n) is 2.12. The van der Waals surface area contributed by atoms with Gasteiger partial charge < -0.3 is 10.1 Å². The molecule has 1 N–H and O–H groups in total. The number of hydrogen-bond acceptors (Lipinski definition) is 3. The van der Waals surface area contributed by atoms with Gasteiger partial charge in [-0.2, -0.15) is 0 Å². The van der Waals surface area contributed by atoms with Crippen molar-refractivity contribution in [1.82, 2.24) is 0 Å². The highest BCUT2D eigenvalue weighted by Crippen LogP contribution is 2.31. The first-order chi connectivity index (χ1) is 8.33. The van der Waals surface area contributed by atoms with Crippen LogP contribution in [0.1, 0.15) is 37.7 Å². The molecule has 0 aliphatic carbocycles. The van der Waals surface area contributed by atoms with Gasteiger partial charge in [-0.3, -0.25) is 4.79 Å². The van der Waals surface area contributed by atoms with E-state index in [4.69, 9.17) is 4.74 Å². The standard InChI is InChI=1S/C14H19NO2/c1-2-3-6-9-17-14(16)12-10-15-13-8-5-4-7-11(12)13/h4-5,7-8,12,15H,2-3,6,9-10H2,1H3. The maximum absolute atomic E-state index is 11.9. The molecule has 1 aromatic carbocycles. The molecule has 0 bridgehead atoms. The van der Waals surface area contributed by atoms with Crippen LogP contribution in [0.2, 0.25) is 0 Å². The van der Waals surface area contributed by atoms with Gasteiger partial charge in [0.05, 0.1) is 6.61 Å². The average Bonchev–Trinajstić information content (AvgIpc) is 2.78. The first-order valence-electron chi connectivity index (χ1n) is 6.32. The molecule has 0 spiro atoms. The van der Waals surface area contributed by atoms with Gasteiger partial charge in [-0.25, -0.2) is 0 Å². The first kappa shape index (κ1) is 12.0. The highest BCUT2D eigenvalue weighted by atomic mass is 16.5. The van der Waals surface area contributed by atoms with Gasteiger partial charge >= 0.3 is 5.97 Å². The third-order valence-corrected chi connectivity index (χ3v) is 3.11. The van der Waals surface area contributed by atoms with Gasteiger partial charge in [-0.05, 0) is 18.1 Å². The van der Waals surface area contributed by atoms with Crippen LogP contribution in [0.5, 0.6) is 0 Å². The Morgan fingerprint density at radius 1 is 1.41 bits per heavy atom. The van der Waals surface area contributed by atoms with Crippen LogP contribution in [-0.2, 0) is 9.53 Å². The van der Waals surface area contributed by atoms with Gasteiger partial charge in [0, 0.05) is 12.2 Å². The third kappa shape index (κ3) is 2.78. The van der Waals surface area contributed by atoms with Gasteiger partial charge in [-0.15, -0.1) is 0 Å². The Balaban J connectivity index is 1.89. The highest BCUT2D eigenvalue weighted by Gasteiger charge is 2.29. The van der Waals surface area contributed by atoms with E-state index in [-0.39, 0.29) is 11.9 Å². The van der Waals surface area contributed by atoms with Gasteiger partial charge in [0.25, 0.3) is 0 Å². The van der Waals surface area contributed by atoms with Crippen molar-refractivity contribution in [2.45, 2.75) is 32.1 Å². The van der Waals surface area contributed by atoms with Crippen LogP contribution in [0.25, 0.3) is 0 Å². The fourth-order valence-corrected chi connectivity index (χ4v) is 2.12. The third-order valence-electron chi connectivity index (χ3n) is 3.11. The van der Waals surface area contributed by atoms with Crippen molar-refractivity contribution in [1.29, 1.82) is 0 Å². The van der Waals surface area contributed by atoms with E-state index in [0.29, 0.717) is 13.2 Å². The minimum Gasteiger partial charge on any atom is -0.465 e. The number of esters is 1. The maximum atomic E-state index is 11.9. The summed E-state index contributed by atoms with van der Waals surface area (Å²) in [7, 11) is 0. The molecular weight excluding hydrogens is 214 g/mol. The SMILES string of the molecule is CCCCCOC(=O)C1CNc2ccccc21. The lowest BCUT2D eigenvalue weighted by molar-refractivity contribution is -0.145. The molecule has 0 saturated carbocycles. The summed E-state index contributed by atoms with van der Waals surface area (Å²) in [4.78, 5) is 11.9. The number of unbranched alkanes of at least 4 members (excludes halogenated alkanes) is 2. The monoisotopic (exact) mass is 233 g/mol. The molecule has 0 radical (unpaired) electrons. The van der Waals surface area contributed by atoms with Crippen LogP contribution in [-0.4, -0.2) is 19.1 Å². The number of carbonyl (C=O) groups is 1. The second-order valence-corrected chi connectivity index (χ2v) is 4.40. The maximum Gasteiger partial charge on any atom is 0.315 e. The predicted octanol–water partition coefficient (Wildman–Crippen LogP) is 2.93. The van der Waals surface area contributed by atoms with E-state index in [1.807, 2.05) is 24.3 Å². The number of anilines is 1. The van der Waals surface area contributed by atoms with E-state index in [0.717, 1.165) is 30.5 Å². The number of nitrogens with one attached hydrogen (secondary N) is 1. The Morgan fingerprint density at radius 2 is 2.24 bits per heavy atom. The lowest BCUT2D eigenvalue weighted by atomic mass is 10.0. The molecule has 92 valence electrons. The van der Waals surface area contributed by atoms with Gasteiger partial charge in [-0.1, -0.05) is 38.0 Å². The molecule has 1 heterocycles. The zero-order valence-corrected chi connectivity index (χ0v) is 10.2. The second kappa shape index (κ2) is 5.71. The zero-order valence-electron chi connectivity index (χ0n) is 10.2. The van der Waals surface area contributed by atoms with Gasteiger partial charge in [0.1, 0.15) is 5.92 Å². The van der Waals surface area contributed by atoms with Crippen LogP contribution in [0, 0.1) is 0 Å². The van der Waals surface area contributed by atoms with E-state index in [1.54, 1.807) is 0 Å². The van der Waals surface area contributed by atoms with Crippen molar-refractivity contribution in [3.8, 4) is 0 Å². The Labute approximate surface area is 102 Å². The average molecular weight is 233 g/mol. The van der Waals surface area contributed by atoms with Crippen LogP contribution >= 0.6 is 0 Å². The van der Waals surface area contributed by atoms with Crippen LogP contribution in [0.15, 0.2) is 24.3 Å². The smallest absolute Gasteiger partial charge is 0.315 e. The molecule has 3 heteroatoms. The summed E-state index contributed by atoms with van der Waals surface area (Å²) in [5, 5.41) is 3.23. The van der Waals surface area contributed by atoms with Crippen molar-refractivity contribution in [3.05, 3.63) is 29.8 Å². The van der Waals surface area contributed by atoms with E-state index in [9.17, 15) is 4.79 Å². The van der Waals surface area contributed by atoms with E-state index < -0.39 is 0 Å². The van der Waals surface area contributed by atoms with Crippen molar-refractivity contribution < 1.29 is 9.53 Å². The molecule has 0 fully saturated rings. The summed E-state index contributed by atoms with van der Waals surface area (Å²) in [5.74, 6) is -0.230. The minimum atomic E-state index is -0.132.